The van der Waals surface area contributed by atoms with Gasteiger partial charge in [0.2, 0.25) is 0 Å². The molecule has 0 spiro atoms. The van der Waals surface area contributed by atoms with Gasteiger partial charge in [0.1, 0.15) is 5.69 Å². The van der Waals surface area contributed by atoms with Crippen LogP contribution in [-0.4, -0.2) is 35.6 Å². The Morgan fingerprint density at radius 1 is 1.27 bits per heavy atom. The number of rotatable bonds is 6. The molecule has 0 N–H and O–H groups in total. The smallest absolute Gasteiger partial charge is 0.329 e. The average molecular weight is 352 g/mol. The van der Waals surface area contributed by atoms with Crippen LogP contribution < -0.4 is 4.90 Å². The maximum Gasteiger partial charge on any atom is 0.329 e. The molecule has 1 aromatic carbocycles. The molecular weight excluding hydrogens is 328 g/mol. The van der Waals surface area contributed by atoms with E-state index < -0.39 is 11.9 Å². The fourth-order valence-electron chi connectivity index (χ4n) is 3.01. The molecule has 1 aliphatic heterocycles. The van der Waals surface area contributed by atoms with E-state index in [-0.39, 0.29) is 5.92 Å². The van der Waals surface area contributed by atoms with Gasteiger partial charge in [-0.05, 0) is 30.9 Å². The number of fused-ring (bicyclic) bond motifs is 1. The zero-order chi connectivity index (χ0) is 18.5. The summed E-state index contributed by atoms with van der Waals surface area (Å²) < 4.78 is 5.38. The molecule has 1 aromatic heterocycles. The van der Waals surface area contributed by atoms with E-state index in [9.17, 15) is 10.1 Å². The molecule has 0 radical (unpaired) electrons. The highest BCUT2D eigenvalue weighted by molar-refractivity contribution is 5.85. The van der Waals surface area contributed by atoms with E-state index in [0.717, 1.165) is 37.9 Å². The van der Waals surface area contributed by atoms with Crippen molar-refractivity contribution in [3.05, 3.63) is 30.0 Å². The molecule has 2 atom stereocenters. The molecule has 26 heavy (non-hydrogen) atoms. The van der Waals surface area contributed by atoms with Crippen LogP contribution in [-0.2, 0) is 9.53 Å². The Balaban J connectivity index is 1.98. The Morgan fingerprint density at radius 2 is 1.92 bits per heavy atom. The molecule has 0 aliphatic carbocycles. The zero-order valence-corrected chi connectivity index (χ0v) is 15.3. The zero-order valence-electron chi connectivity index (χ0n) is 15.3. The standard InChI is InChI=1S/C20H24N4O2/c1-3-14(2)13-26-20(25)15(12-21)18-19(24-10-6-7-11-24)23-17-9-5-4-8-16(17)22-18/h4-5,8-9,14-15H,3,6-7,10-11,13H2,1-2H3. The topological polar surface area (TPSA) is 79.1 Å². The summed E-state index contributed by atoms with van der Waals surface area (Å²) >= 11 is 0. The number of carbonyl (C=O) groups excluding carboxylic acids is 1. The van der Waals surface area contributed by atoms with Crippen molar-refractivity contribution in [2.75, 3.05) is 24.6 Å². The minimum atomic E-state index is -1.06. The van der Waals surface area contributed by atoms with Crippen LogP contribution in [0.3, 0.4) is 0 Å². The first-order valence-electron chi connectivity index (χ1n) is 9.22. The van der Waals surface area contributed by atoms with Gasteiger partial charge in [0, 0.05) is 13.1 Å². The van der Waals surface area contributed by atoms with Gasteiger partial charge in [-0.1, -0.05) is 32.4 Å². The van der Waals surface area contributed by atoms with Gasteiger partial charge in [-0.3, -0.25) is 4.79 Å². The van der Waals surface area contributed by atoms with E-state index in [1.165, 1.54) is 0 Å². The average Bonchev–Trinajstić information content (AvgIpc) is 3.20. The molecule has 0 bridgehead atoms. The van der Waals surface area contributed by atoms with Gasteiger partial charge in [-0.25, -0.2) is 9.97 Å². The lowest BCUT2D eigenvalue weighted by atomic mass is 10.1. The number of anilines is 1. The summed E-state index contributed by atoms with van der Waals surface area (Å²) in [6.45, 7) is 6.09. The summed E-state index contributed by atoms with van der Waals surface area (Å²) in [5, 5.41) is 9.67. The van der Waals surface area contributed by atoms with E-state index in [0.29, 0.717) is 23.6 Å². The van der Waals surface area contributed by atoms with Crippen LogP contribution in [0.2, 0.25) is 0 Å². The molecule has 6 heteroatoms. The Morgan fingerprint density at radius 3 is 2.54 bits per heavy atom. The first-order valence-corrected chi connectivity index (χ1v) is 9.22. The first kappa shape index (κ1) is 18.1. The van der Waals surface area contributed by atoms with Gasteiger partial charge in [-0.2, -0.15) is 5.26 Å². The van der Waals surface area contributed by atoms with Crippen LogP contribution in [0.5, 0.6) is 0 Å². The summed E-state index contributed by atoms with van der Waals surface area (Å²) in [5.41, 5.74) is 1.85. The highest BCUT2D eigenvalue weighted by Gasteiger charge is 2.31. The highest BCUT2D eigenvalue weighted by atomic mass is 16.5. The third-order valence-corrected chi connectivity index (χ3v) is 4.83. The number of nitriles is 1. The van der Waals surface area contributed by atoms with Crippen molar-refractivity contribution >= 4 is 22.8 Å². The molecule has 0 amide bonds. The minimum Gasteiger partial charge on any atom is -0.464 e. The van der Waals surface area contributed by atoms with E-state index in [1.54, 1.807) is 0 Å². The summed E-state index contributed by atoms with van der Waals surface area (Å²) in [7, 11) is 0. The van der Waals surface area contributed by atoms with Crippen molar-refractivity contribution in [2.45, 2.75) is 39.0 Å². The molecule has 1 aliphatic rings. The van der Waals surface area contributed by atoms with Gasteiger partial charge in [0.15, 0.2) is 11.7 Å². The van der Waals surface area contributed by atoms with Gasteiger partial charge in [-0.15, -0.1) is 0 Å². The summed E-state index contributed by atoms with van der Waals surface area (Å²) in [4.78, 5) is 24.0. The van der Waals surface area contributed by atoms with E-state index in [2.05, 4.69) is 16.0 Å². The SMILES string of the molecule is CCC(C)COC(=O)C(C#N)c1nc2ccccc2nc1N1CCCC1. The molecule has 3 rings (SSSR count). The fourth-order valence-corrected chi connectivity index (χ4v) is 3.01. The normalized spacial score (nSPS) is 16.3. The molecule has 136 valence electrons. The summed E-state index contributed by atoms with van der Waals surface area (Å²) in [5.74, 6) is -0.711. The van der Waals surface area contributed by atoms with Crippen LogP contribution in [0.1, 0.15) is 44.7 Å². The van der Waals surface area contributed by atoms with Crippen molar-refractivity contribution in [3.63, 3.8) is 0 Å². The number of hydrogen-bond donors (Lipinski definition) is 0. The monoisotopic (exact) mass is 352 g/mol. The van der Waals surface area contributed by atoms with Crippen LogP contribution in [0.25, 0.3) is 11.0 Å². The maximum atomic E-state index is 12.6. The fraction of sp³-hybridized carbons (Fsp3) is 0.500. The van der Waals surface area contributed by atoms with Crippen molar-refractivity contribution in [1.82, 2.24) is 9.97 Å². The van der Waals surface area contributed by atoms with Crippen molar-refractivity contribution in [3.8, 4) is 6.07 Å². The second-order valence-corrected chi connectivity index (χ2v) is 6.82. The summed E-state index contributed by atoms with van der Waals surface area (Å²) in [6, 6.07) is 9.61. The van der Waals surface area contributed by atoms with E-state index in [1.807, 2.05) is 38.1 Å². The van der Waals surface area contributed by atoms with E-state index in [4.69, 9.17) is 9.72 Å². The van der Waals surface area contributed by atoms with Crippen LogP contribution in [0.4, 0.5) is 5.82 Å². The van der Waals surface area contributed by atoms with Crippen molar-refractivity contribution in [2.24, 2.45) is 5.92 Å². The first-order chi connectivity index (χ1) is 12.6. The molecule has 6 nitrogen and oxygen atoms in total. The van der Waals surface area contributed by atoms with E-state index >= 15 is 0 Å². The number of hydrogen-bond acceptors (Lipinski definition) is 6. The second kappa shape index (κ2) is 8.13. The Kier molecular flexibility index (Phi) is 5.67. The number of ether oxygens (including phenoxy) is 1. The number of esters is 1. The number of aromatic nitrogens is 2. The Labute approximate surface area is 153 Å². The molecule has 2 aromatic rings. The maximum absolute atomic E-state index is 12.6. The number of para-hydroxylation sites is 2. The van der Waals surface area contributed by atoms with Gasteiger partial charge < -0.3 is 9.64 Å². The Hall–Kier alpha value is -2.68. The Bertz CT molecular complexity index is 824. The second-order valence-electron chi connectivity index (χ2n) is 6.82. The lowest BCUT2D eigenvalue weighted by Crippen LogP contribution is -2.25. The van der Waals surface area contributed by atoms with Crippen LogP contribution >= 0.6 is 0 Å². The van der Waals surface area contributed by atoms with Crippen LogP contribution in [0.15, 0.2) is 24.3 Å². The molecule has 2 heterocycles. The molecule has 1 fully saturated rings. The van der Waals surface area contributed by atoms with Crippen molar-refractivity contribution in [1.29, 1.82) is 5.26 Å². The predicted molar refractivity (Wildman–Crippen MR) is 99.8 cm³/mol. The van der Waals surface area contributed by atoms with Gasteiger partial charge >= 0.3 is 5.97 Å². The molecular formula is C20H24N4O2. The largest absolute Gasteiger partial charge is 0.464 e. The lowest BCUT2D eigenvalue weighted by Gasteiger charge is -2.21. The van der Waals surface area contributed by atoms with Crippen molar-refractivity contribution < 1.29 is 9.53 Å². The highest BCUT2D eigenvalue weighted by Crippen LogP contribution is 2.30. The minimum absolute atomic E-state index is 0.263. The third-order valence-electron chi connectivity index (χ3n) is 4.83. The number of nitrogens with zero attached hydrogens (tertiary/aromatic N) is 4. The number of benzene rings is 1. The number of carbonyl (C=O) groups is 1. The summed E-state index contributed by atoms with van der Waals surface area (Å²) in [6.07, 6.45) is 3.06. The lowest BCUT2D eigenvalue weighted by molar-refractivity contribution is -0.145. The van der Waals surface area contributed by atoms with Gasteiger partial charge in [0.05, 0.1) is 23.7 Å². The quantitative estimate of drug-likeness (QED) is 0.741. The molecule has 2 unspecified atom stereocenters. The van der Waals surface area contributed by atoms with Gasteiger partial charge in [0.25, 0.3) is 0 Å². The third kappa shape index (κ3) is 3.77. The molecule has 1 saturated heterocycles. The van der Waals surface area contributed by atoms with Crippen LogP contribution in [0, 0.1) is 17.2 Å². The predicted octanol–water partition coefficient (Wildman–Crippen LogP) is 3.43. The molecule has 0 saturated carbocycles.